The average molecular weight is 360 g/mol. The number of nitrogens with zero attached hydrogens (tertiary/aromatic N) is 1. The molecule has 0 bridgehead atoms. The Morgan fingerprint density at radius 3 is 2.88 bits per heavy atom. The minimum atomic E-state index is -0.445. The summed E-state index contributed by atoms with van der Waals surface area (Å²) in [6.45, 7) is 4.96. The molecule has 2 N–H and O–H groups in total. The van der Waals surface area contributed by atoms with Gasteiger partial charge in [0.25, 0.3) is 11.6 Å². The van der Waals surface area contributed by atoms with Crippen LogP contribution in [0.2, 0.25) is 0 Å². The zero-order valence-electron chi connectivity index (χ0n) is 14.4. The number of nitrogens with one attached hydrogen (secondary N) is 2. The van der Waals surface area contributed by atoms with Gasteiger partial charge in [-0.2, -0.15) is 0 Å². The summed E-state index contributed by atoms with van der Waals surface area (Å²) in [4.78, 5) is 25.9. The fourth-order valence-electron chi connectivity index (χ4n) is 3.46. The van der Waals surface area contributed by atoms with E-state index < -0.39 is 4.92 Å². The van der Waals surface area contributed by atoms with E-state index in [0.29, 0.717) is 18.3 Å². The lowest BCUT2D eigenvalue weighted by Gasteiger charge is -2.20. The second-order valence-corrected chi connectivity index (χ2v) is 7.48. The number of nitro groups is 1. The van der Waals surface area contributed by atoms with E-state index in [1.165, 1.54) is 15.8 Å². The zero-order valence-corrected chi connectivity index (χ0v) is 15.2. The lowest BCUT2D eigenvalue weighted by atomic mass is 10.1. The van der Waals surface area contributed by atoms with Crippen LogP contribution in [0.25, 0.3) is 0 Å². The Bertz CT molecular complexity index is 789. The number of anilines is 1. The Labute approximate surface area is 150 Å². The molecule has 132 valence electrons. The summed E-state index contributed by atoms with van der Waals surface area (Å²) in [6, 6.07) is 7.67. The number of hydrogen-bond donors (Lipinski definition) is 2. The maximum atomic E-state index is 12.6. The molecule has 25 heavy (non-hydrogen) atoms. The number of benzene rings is 1. The van der Waals surface area contributed by atoms with Gasteiger partial charge in [-0.25, -0.2) is 0 Å². The van der Waals surface area contributed by atoms with Crippen molar-refractivity contribution in [3.05, 3.63) is 55.8 Å². The summed E-state index contributed by atoms with van der Waals surface area (Å²) >= 11 is 1.72. The first-order valence-electron chi connectivity index (χ1n) is 8.39. The first-order chi connectivity index (χ1) is 12.0. The van der Waals surface area contributed by atoms with Crippen molar-refractivity contribution in [3.8, 4) is 0 Å². The minimum Gasteiger partial charge on any atom is -0.320 e. The number of aryl methyl sites for hydroxylation is 1. The van der Waals surface area contributed by atoms with Gasteiger partial charge in [0.1, 0.15) is 11.7 Å². The molecule has 1 saturated heterocycles. The van der Waals surface area contributed by atoms with Gasteiger partial charge in [0.2, 0.25) is 0 Å². The molecule has 0 spiro atoms. The summed E-state index contributed by atoms with van der Waals surface area (Å²) in [7, 11) is 0. The molecule has 0 saturated carbocycles. The van der Waals surface area contributed by atoms with Crippen LogP contribution in [-0.2, 0) is 4.79 Å². The van der Waals surface area contributed by atoms with Crippen LogP contribution < -0.4 is 10.2 Å². The standard InChI is InChI=1S/C18H21N3O3S/c1-12-7-8-15(21(23)24)18(13(12)2)19-17(22)11-20-9-3-5-14(20)16-6-4-10-25-16/h4,6-8,10,14H,3,5,9,11H2,1-2H3,(H,19,22)/p+1/t14-/m0/s1. The van der Waals surface area contributed by atoms with Gasteiger partial charge in [0, 0.05) is 18.9 Å². The van der Waals surface area contributed by atoms with E-state index in [9.17, 15) is 14.9 Å². The maximum Gasteiger partial charge on any atom is 0.293 e. The van der Waals surface area contributed by atoms with Crippen molar-refractivity contribution in [2.24, 2.45) is 0 Å². The smallest absolute Gasteiger partial charge is 0.293 e. The number of hydrogen-bond acceptors (Lipinski definition) is 4. The van der Waals surface area contributed by atoms with Crippen LogP contribution in [0.15, 0.2) is 29.6 Å². The quantitative estimate of drug-likeness (QED) is 0.636. The third kappa shape index (κ3) is 3.72. The molecule has 7 heteroatoms. The lowest BCUT2D eigenvalue weighted by molar-refractivity contribution is -0.910. The van der Waals surface area contributed by atoms with Gasteiger partial charge in [-0.05, 0) is 36.4 Å². The second kappa shape index (κ2) is 7.33. The van der Waals surface area contributed by atoms with Crippen LogP contribution in [0.3, 0.4) is 0 Å². The highest BCUT2D eigenvalue weighted by Gasteiger charge is 2.32. The third-order valence-corrected chi connectivity index (χ3v) is 5.92. The largest absolute Gasteiger partial charge is 0.320 e. The molecular formula is C18H22N3O3S+. The van der Waals surface area contributed by atoms with E-state index in [4.69, 9.17) is 0 Å². The minimum absolute atomic E-state index is 0.0531. The third-order valence-electron chi connectivity index (χ3n) is 4.93. The molecule has 1 amide bonds. The van der Waals surface area contributed by atoms with Crippen LogP contribution in [0.4, 0.5) is 11.4 Å². The summed E-state index contributed by atoms with van der Waals surface area (Å²) in [6.07, 6.45) is 2.17. The summed E-state index contributed by atoms with van der Waals surface area (Å²) in [5.74, 6) is -0.171. The van der Waals surface area contributed by atoms with Crippen molar-refractivity contribution >= 4 is 28.6 Å². The Balaban J connectivity index is 1.75. The van der Waals surface area contributed by atoms with E-state index in [1.54, 1.807) is 24.3 Å². The Kier molecular flexibility index (Phi) is 5.15. The van der Waals surface area contributed by atoms with Crippen molar-refractivity contribution in [1.29, 1.82) is 0 Å². The highest BCUT2D eigenvalue weighted by atomic mass is 32.1. The van der Waals surface area contributed by atoms with E-state index in [2.05, 4.69) is 16.8 Å². The number of nitro benzene ring substituents is 1. The number of quaternary nitrogens is 1. The van der Waals surface area contributed by atoms with Gasteiger partial charge in [0.05, 0.1) is 16.3 Å². The molecule has 0 aliphatic carbocycles. The molecular weight excluding hydrogens is 338 g/mol. The fourth-order valence-corrected chi connectivity index (χ4v) is 4.38. The maximum absolute atomic E-state index is 12.6. The summed E-state index contributed by atoms with van der Waals surface area (Å²) < 4.78 is 0. The average Bonchev–Trinajstić information content (AvgIpc) is 3.22. The van der Waals surface area contributed by atoms with Gasteiger partial charge in [-0.1, -0.05) is 12.1 Å². The van der Waals surface area contributed by atoms with Gasteiger partial charge >= 0.3 is 0 Å². The molecule has 1 aromatic carbocycles. The Morgan fingerprint density at radius 2 is 2.20 bits per heavy atom. The molecule has 3 rings (SSSR count). The van der Waals surface area contributed by atoms with Crippen molar-refractivity contribution < 1.29 is 14.6 Å². The van der Waals surface area contributed by atoms with Gasteiger partial charge in [-0.15, -0.1) is 11.3 Å². The highest BCUT2D eigenvalue weighted by molar-refractivity contribution is 7.10. The van der Waals surface area contributed by atoms with E-state index in [1.807, 2.05) is 13.0 Å². The monoisotopic (exact) mass is 360 g/mol. The number of rotatable bonds is 5. The molecule has 2 heterocycles. The second-order valence-electron chi connectivity index (χ2n) is 6.50. The van der Waals surface area contributed by atoms with E-state index >= 15 is 0 Å². The van der Waals surface area contributed by atoms with Gasteiger partial charge in [0.15, 0.2) is 6.54 Å². The van der Waals surface area contributed by atoms with Gasteiger partial charge in [-0.3, -0.25) is 14.9 Å². The van der Waals surface area contributed by atoms with Crippen molar-refractivity contribution in [1.82, 2.24) is 0 Å². The molecule has 1 unspecified atom stereocenters. The number of thiophene rings is 1. The number of likely N-dealkylation sites (tertiary alicyclic amines) is 1. The number of amides is 1. The number of carbonyl (C=O) groups is 1. The molecule has 6 nitrogen and oxygen atoms in total. The molecule has 2 aromatic rings. The molecule has 0 radical (unpaired) electrons. The lowest BCUT2D eigenvalue weighted by Crippen LogP contribution is -3.11. The first kappa shape index (κ1) is 17.6. The van der Waals surface area contributed by atoms with Crippen LogP contribution in [0.5, 0.6) is 0 Å². The number of carbonyl (C=O) groups excluding carboxylic acids is 1. The Morgan fingerprint density at radius 1 is 1.40 bits per heavy atom. The topological polar surface area (TPSA) is 76.7 Å². The molecule has 1 aromatic heterocycles. The molecule has 1 fully saturated rings. The molecule has 2 atom stereocenters. The van der Waals surface area contributed by atoms with Crippen molar-refractivity contribution in [2.75, 3.05) is 18.4 Å². The van der Waals surface area contributed by atoms with Crippen LogP contribution in [0.1, 0.15) is 34.9 Å². The van der Waals surface area contributed by atoms with Crippen LogP contribution in [-0.4, -0.2) is 23.9 Å². The Hall–Kier alpha value is -2.25. The summed E-state index contributed by atoms with van der Waals surface area (Å²) in [5.41, 5.74) is 1.93. The van der Waals surface area contributed by atoms with Crippen LogP contribution >= 0.6 is 11.3 Å². The van der Waals surface area contributed by atoms with Crippen LogP contribution in [0, 0.1) is 24.0 Å². The first-order valence-corrected chi connectivity index (χ1v) is 9.27. The van der Waals surface area contributed by atoms with Crippen molar-refractivity contribution in [3.63, 3.8) is 0 Å². The van der Waals surface area contributed by atoms with Crippen molar-refractivity contribution in [2.45, 2.75) is 32.7 Å². The normalized spacial score (nSPS) is 19.8. The van der Waals surface area contributed by atoms with E-state index in [-0.39, 0.29) is 11.6 Å². The molecule has 1 aliphatic rings. The highest BCUT2D eigenvalue weighted by Crippen LogP contribution is 2.30. The predicted octanol–water partition coefficient (Wildman–Crippen LogP) is 2.63. The SMILES string of the molecule is Cc1ccc([N+](=O)[O-])c(NC(=O)C[NH+]2CCC[C@H]2c2cccs2)c1C. The van der Waals surface area contributed by atoms with E-state index in [0.717, 1.165) is 30.5 Å². The zero-order chi connectivity index (χ0) is 18.0. The fraction of sp³-hybridized carbons (Fsp3) is 0.389. The molecule has 1 aliphatic heterocycles. The summed E-state index contributed by atoms with van der Waals surface area (Å²) in [5, 5.41) is 16.1. The predicted molar refractivity (Wildman–Crippen MR) is 98.2 cm³/mol. The van der Waals surface area contributed by atoms with Gasteiger partial charge < -0.3 is 10.2 Å².